The third-order valence-electron chi connectivity index (χ3n) is 4.08. The summed E-state index contributed by atoms with van der Waals surface area (Å²) in [6.45, 7) is 8.81. The van der Waals surface area contributed by atoms with Gasteiger partial charge >= 0.3 is 0 Å². The van der Waals surface area contributed by atoms with Crippen molar-refractivity contribution < 1.29 is 9.53 Å². The Labute approximate surface area is 133 Å². The van der Waals surface area contributed by atoms with E-state index in [2.05, 4.69) is 43.5 Å². The number of benzene rings is 1. The second kappa shape index (κ2) is 7.75. The number of amides is 1. The summed E-state index contributed by atoms with van der Waals surface area (Å²) in [6.07, 6.45) is 1.26. The maximum Gasteiger partial charge on any atom is 0.222 e. The molecule has 0 bridgehead atoms. The fourth-order valence-corrected chi connectivity index (χ4v) is 2.63. The molecule has 0 unspecified atom stereocenters. The van der Waals surface area contributed by atoms with Gasteiger partial charge in [0.2, 0.25) is 5.91 Å². The molecule has 22 heavy (non-hydrogen) atoms. The Balaban J connectivity index is 1.93. The highest BCUT2D eigenvalue weighted by atomic mass is 16.5. The lowest BCUT2D eigenvalue weighted by atomic mass is 9.83. The monoisotopic (exact) mass is 304 g/mol. The predicted molar refractivity (Wildman–Crippen MR) is 88.8 cm³/mol. The second-order valence-electron chi connectivity index (χ2n) is 7.08. The van der Waals surface area contributed by atoms with Crippen molar-refractivity contribution in [2.24, 2.45) is 5.41 Å². The van der Waals surface area contributed by atoms with Crippen molar-refractivity contribution >= 4 is 5.91 Å². The van der Waals surface area contributed by atoms with E-state index in [1.807, 2.05) is 18.2 Å². The molecule has 1 heterocycles. The minimum Gasteiger partial charge on any atom is -0.375 e. The average molecular weight is 304 g/mol. The van der Waals surface area contributed by atoms with Gasteiger partial charge in [-0.2, -0.15) is 0 Å². The summed E-state index contributed by atoms with van der Waals surface area (Å²) in [6, 6.07) is 10.4. The molecule has 122 valence electrons. The average Bonchev–Trinajstić information content (AvgIpc) is 2.48. The molecule has 4 heteroatoms. The van der Waals surface area contributed by atoms with Gasteiger partial charge in [0.15, 0.2) is 0 Å². The lowest BCUT2D eigenvalue weighted by Gasteiger charge is -2.32. The molecule has 2 N–H and O–H groups in total. The van der Waals surface area contributed by atoms with E-state index in [1.165, 1.54) is 5.56 Å². The normalized spacial score (nSPS) is 20.4. The summed E-state index contributed by atoms with van der Waals surface area (Å²) in [7, 11) is 0. The summed E-state index contributed by atoms with van der Waals surface area (Å²) in [5.74, 6) is 0.0737. The lowest BCUT2D eigenvalue weighted by Crippen LogP contribution is -2.48. The van der Waals surface area contributed by atoms with Crippen LogP contribution in [0.4, 0.5) is 0 Å². The van der Waals surface area contributed by atoms with Crippen LogP contribution in [0.1, 0.15) is 32.8 Å². The molecule has 0 aliphatic carbocycles. The first-order chi connectivity index (χ1) is 10.4. The zero-order valence-electron chi connectivity index (χ0n) is 13.9. The van der Waals surface area contributed by atoms with Gasteiger partial charge in [-0.25, -0.2) is 0 Å². The van der Waals surface area contributed by atoms with Gasteiger partial charge in [-0.1, -0.05) is 51.1 Å². The first-order valence-electron chi connectivity index (χ1n) is 8.11. The number of rotatable bonds is 5. The second-order valence-corrected chi connectivity index (χ2v) is 7.08. The van der Waals surface area contributed by atoms with E-state index in [1.54, 1.807) is 0 Å². The number of nitrogens with one attached hydrogen (secondary N) is 2. The van der Waals surface area contributed by atoms with E-state index in [-0.39, 0.29) is 23.5 Å². The van der Waals surface area contributed by atoms with Crippen molar-refractivity contribution in [2.45, 2.75) is 45.8 Å². The molecule has 1 aliphatic heterocycles. The van der Waals surface area contributed by atoms with Crippen molar-refractivity contribution in [1.29, 1.82) is 0 Å². The van der Waals surface area contributed by atoms with Crippen molar-refractivity contribution in [3.63, 3.8) is 0 Å². The van der Waals surface area contributed by atoms with E-state index in [4.69, 9.17) is 4.74 Å². The van der Waals surface area contributed by atoms with Gasteiger partial charge in [-0.15, -0.1) is 0 Å². The van der Waals surface area contributed by atoms with E-state index >= 15 is 0 Å². The third kappa shape index (κ3) is 5.43. The largest absolute Gasteiger partial charge is 0.375 e. The van der Waals surface area contributed by atoms with Crippen LogP contribution in [0.25, 0.3) is 0 Å². The Morgan fingerprint density at radius 1 is 1.36 bits per heavy atom. The topological polar surface area (TPSA) is 50.4 Å². The highest BCUT2D eigenvalue weighted by Crippen LogP contribution is 2.23. The van der Waals surface area contributed by atoms with E-state index in [0.717, 1.165) is 19.5 Å². The maximum absolute atomic E-state index is 12.3. The molecule has 2 rings (SSSR count). The number of carbonyl (C=O) groups excluding carboxylic acids is 1. The zero-order valence-corrected chi connectivity index (χ0v) is 13.9. The minimum atomic E-state index is -0.00825. The Morgan fingerprint density at radius 3 is 2.68 bits per heavy atom. The van der Waals surface area contributed by atoms with Crippen LogP contribution in [0.2, 0.25) is 0 Å². The molecule has 1 aromatic carbocycles. The van der Waals surface area contributed by atoms with Gasteiger partial charge < -0.3 is 15.4 Å². The van der Waals surface area contributed by atoms with Crippen LogP contribution in [-0.4, -0.2) is 37.7 Å². The number of carbonyl (C=O) groups is 1. The van der Waals surface area contributed by atoms with E-state index < -0.39 is 0 Å². The molecule has 1 aliphatic rings. The van der Waals surface area contributed by atoms with Crippen LogP contribution in [-0.2, 0) is 16.0 Å². The van der Waals surface area contributed by atoms with Crippen molar-refractivity contribution in [2.75, 3.05) is 19.7 Å². The summed E-state index contributed by atoms with van der Waals surface area (Å²) in [5.41, 5.74) is 1.26. The number of hydrogen-bond acceptors (Lipinski definition) is 3. The van der Waals surface area contributed by atoms with Crippen LogP contribution in [0, 0.1) is 5.41 Å². The van der Waals surface area contributed by atoms with Crippen molar-refractivity contribution in [3.05, 3.63) is 35.9 Å². The molecule has 1 aromatic rings. The predicted octanol–water partition coefficient (Wildman–Crippen LogP) is 2.14. The summed E-state index contributed by atoms with van der Waals surface area (Å²) >= 11 is 0. The Hall–Kier alpha value is -1.39. The van der Waals surface area contributed by atoms with Gasteiger partial charge in [0.1, 0.15) is 0 Å². The van der Waals surface area contributed by atoms with Gasteiger partial charge in [0, 0.05) is 19.1 Å². The first kappa shape index (κ1) is 17.0. The van der Waals surface area contributed by atoms with Crippen molar-refractivity contribution in [3.8, 4) is 0 Å². The van der Waals surface area contributed by atoms with Crippen LogP contribution in [0.3, 0.4) is 0 Å². The summed E-state index contributed by atoms with van der Waals surface area (Å²) in [4.78, 5) is 12.3. The Morgan fingerprint density at radius 2 is 2.09 bits per heavy atom. The van der Waals surface area contributed by atoms with Gasteiger partial charge in [-0.3, -0.25) is 4.79 Å². The van der Waals surface area contributed by atoms with Gasteiger partial charge in [0.25, 0.3) is 0 Å². The van der Waals surface area contributed by atoms with Gasteiger partial charge in [0.05, 0.1) is 19.1 Å². The molecule has 0 aromatic heterocycles. The van der Waals surface area contributed by atoms with E-state index in [9.17, 15) is 4.79 Å². The highest BCUT2D eigenvalue weighted by molar-refractivity contribution is 5.77. The van der Waals surface area contributed by atoms with Crippen LogP contribution in [0.15, 0.2) is 30.3 Å². The van der Waals surface area contributed by atoms with E-state index in [0.29, 0.717) is 13.0 Å². The fraction of sp³-hybridized carbons (Fsp3) is 0.611. The molecule has 1 fully saturated rings. The van der Waals surface area contributed by atoms with Crippen LogP contribution < -0.4 is 10.6 Å². The lowest BCUT2D eigenvalue weighted by molar-refractivity contribution is -0.125. The molecule has 2 atom stereocenters. The Kier molecular flexibility index (Phi) is 5.98. The smallest absolute Gasteiger partial charge is 0.222 e. The SMILES string of the molecule is CC(C)(C)[C@@H](Cc1ccccc1)NC(=O)C[C@H]1CNCCO1. The highest BCUT2D eigenvalue weighted by Gasteiger charge is 2.27. The maximum atomic E-state index is 12.3. The third-order valence-corrected chi connectivity index (χ3v) is 4.08. The molecular formula is C18H28N2O2. The molecule has 1 saturated heterocycles. The van der Waals surface area contributed by atoms with Crippen LogP contribution in [0.5, 0.6) is 0 Å². The molecular weight excluding hydrogens is 276 g/mol. The fourth-order valence-electron chi connectivity index (χ4n) is 2.63. The quantitative estimate of drug-likeness (QED) is 0.876. The molecule has 1 amide bonds. The Bertz CT molecular complexity index is 462. The molecule has 0 saturated carbocycles. The molecule has 4 nitrogen and oxygen atoms in total. The molecule has 0 spiro atoms. The zero-order chi connectivity index (χ0) is 16.0. The summed E-state index contributed by atoms with van der Waals surface area (Å²) < 4.78 is 5.61. The first-order valence-corrected chi connectivity index (χ1v) is 8.11. The number of hydrogen-bond donors (Lipinski definition) is 2. The minimum absolute atomic E-state index is 0.00825. The number of morpholine rings is 1. The summed E-state index contributed by atoms with van der Waals surface area (Å²) in [5, 5.41) is 6.46. The standard InChI is InChI=1S/C18H28N2O2/c1-18(2,3)16(11-14-7-5-4-6-8-14)20-17(21)12-15-13-19-9-10-22-15/h4-8,15-16,19H,9-13H2,1-3H3,(H,20,21)/t15-,16+/m0/s1. The van der Waals surface area contributed by atoms with Crippen molar-refractivity contribution in [1.82, 2.24) is 10.6 Å². The number of ether oxygens (including phenoxy) is 1. The molecule has 0 radical (unpaired) electrons. The van der Waals surface area contributed by atoms with Gasteiger partial charge in [-0.05, 0) is 17.4 Å². The van der Waals surface area contributed by atoms with Crippen LogP contribution >= 0.6 is 0 Å².